The fourth-order valence-electron chi connectivity index (χ4n) is 2.27. The van der Waals surface area contributed by atoms with Gasteiger partial charge in [-0.1, -0.05) is 48.5 Å². The summed E-state index contributed by atoms with van der Waals surface area (Å²) >= 11 is 0. The summed E-state index contributed by atoms with van der Waals surface area (Å²) in [5.74, 6) is -0.398. The van der Waals surface area contributed by atoms with E-state index in [9.17, 15) is 4.79 Å². The molecule has 0 aliphatic rings. The third-order valence-electron chi connectivity index (χ3n) is 3.32. The Morgan fingerprint density at radius 3 is 2.68 bits per heavy atom. The lowest BCUT2D eigenvalue weighted by molar-refractivity contribution is -0.142. The van der Waals surface area contributed by atoms with Crippen LogP contribution < -0.4 is 0 Å². The average molecular weight is 254 g/mol. The zero-order valence-corrected chi connectivity index (χ0v) is 11.1. The highest BCUT2D eigenvalue weighted by Crippen LogP contribution is 2.26. The number of rotatable bonds is 5. The first-order valence-electron chi connectivity index (χ1n) is 6.43. The van der Waals surface area contributed by atoms with Gasteiger partial charge in [-0.3, -0.25) is 4.79 Å². The predicted molar refractivity (Wildman–Crippen MR) is 78.1 cm³/mol. The molecule has 0 N–H and O–H groups in total. The van der Waals surface area contributed by atoms with E-state index in [2.05, 4.69) is 30.8 Å². The molecule has 2 aromatic rings. The molecular formula is C17H18O2. The lowest BCUT2D eigenvalue weighted by Crippen LogP contribution is -2.14. The number of carbonyl (C=O) groups excluding carboxylic acids is 1. The van der Waals surface area contributed by atoms with Crippen molar-refractivity contribution in [3.8, 4) is 0 Å². The van der Waals surface area contributed by atoms with E-state index in [0.717, 1.165) is 23.8 Å². The van der Waals surface area contributed by atoms with Crippen molar-refractivity contribution in [3.05, 3.63) is 60.7 Å². The van der Waals surface area contributed by atoms with Crippen molar-refractivity contribution in [2.75, 3.05) is 7.11 Å². The van der Waals surface area contributed by atoms with E-state index in [0.29, 0.717) is 0 Å². The highest BCUT2D eigenvalue weighted by Gasteiger charge is 2.20. The van der Waals surface area contributed by atoms with Gasteiger partial charge in [0.25, 0.3) is 0 Å². The number of fused-ring (bicyclic) bond motifs is 1. The number of carbonyl (C=O) groups is 1. The first-order valence-corrected chi connectivity index (χ1v) is 6.43. The van der Waals surface area contributed by atoms with Gasteiger partial charge in [0, 0.05) is 0 Å². The van der Waals surface area contributed by atoms with Crippen molar-refractivity contribution in [3.63, 3.8) is 0 Å². The van der Waals surface area contributed by atoms with Crippen molar-refractivity contribution in [2.24, 2.45) is 0 Å². The number of hydrogen-bond donors (Lipinski definition) is 0. The Morgan fingerprint density at radius 1 is 1.26 bits per heavy atom. The number of ether oxygens (including phenoxy) is 1. The van der Waals surface area contributed by atoms with Crippen LogP contribution in [0.25, 0.3) is 10.8 Å². The van der Waals surface area contributed by atoms with Gasteiger partial charge >= 0.3 is 5.97 Å². The first-order chi connectivity index (χ1) is 9.26. The van der Waals surface area contributed by atoms with Crippen LogP contribution in [-0.4, -0.2) is 13.1 Å². The van der Waals surface area contributed by atoms with Gasteiger partial charge in [0.2, 0.25) is 0 Å². The SMILES string of the molecule is C=CCCC(C(=O)OC)c1ccc2ccccc2c1. The second-order valence-corrected chi connectivity index (χ2v) is 4.55. The van der Waals surface area contributed by atoms with Crippen molar-refractivity contribution in [1.29, 1.82) is 0 Å². The molecule has 0 spiro atoms. The Hall–Kier alpha value is -2.09. The highest BCUT2D eigenvalue weighted by atomic mass is 16.5. The summed E-state index contributed by atoms with van der Waals surface area (Å²) in [6.07, 6.45) is 3.36. The number of benzene rings is 2. The first kappa shape index (κ1) is 13.3. The molecular weight excluding hydrogens is 236 g/mol. The van der Waals surface area contributed by atoms with Gasteiger partial charge in [0.1, 0.15) is 0 Å². The van der Waals surface area contributed by atoms with Crippen molar-refractivity contribution in [2.45, 2.75) is 18.8 Å². The number of esters is 1. The van der Waals surface area contributed by atoms with Gasteiger partial charge < -0.3 is 4.74 Å². The Balaban J connectivity index is 2.37. The third kappa shape index (κ3) is 3.02. The van der Waals surface area contributed by atoms with Crippen LogP contribution in [-0.2, 0) is 9.53 Å². The van der Waals surface area contributed by atoms with E-state index in [-0.39, 0.29) is 11.9 Å². The molecule has 2 aromatic carbocycles. The Morgan fingerprint density at radius 2 is 2.00 bits per heavy atom. The van der Waals surface area contributed by atoms with Crippen molar-refractivity contribution < 1.29 is 9.53 Å². The summed E-state index contributed by atoms with van der Waals surface area (Å²) in [6.45, 7) is 3.71. The Bertz CT molecular complexity index is 587. The lowest BCUT2D eigenvalue weighted by atomic mass is 9.92. The summed E-state index contributed by atoms with van der Waals surface area (Å²) in [4.78, 5) is 11.9. The largest absolute Gasteiger partial charge is 0.469 e. The van der Waals surface area contributed by atoms with E-state index in [1.807, 2.05) is 24.3 Å². The van der Waals surface area contributed by atoms with Gasteiger partial charge in [0.05, 0.1) is 13.0 Å². The van der Waals surface area contributed by atoms with Gasteiger partial charge in [-0.2, -0.15) is 0 Å². The van der Waals surface area contributed by atoms with E-state index in [1.165, 1.54) is 12.5 Å². The second kappa shape index (κ2) is 6.19. The molecule has 0 aliphatic carbocycles. The maximum atomic E-state index is 11.9. The van der Waals surface area contributed by atoms with E-state index in [4.69, 9.17) is 4.74 Å². The van der Waals surface area contributed by atoms with Gasteiger partial charge in [0.15, 0.2) is 0 Å². The van der Waals surface area contributed by atoms with Crippen LogP contribution in [0.2, 0.25) is 0 Å². The molecule has 98 valence electrons. The molecule has 0 fully saturated rings. The smallest absolute Gasteiger partial charge is 0.313 e. The van der Waals surface area contributed by atoms with E-state index < -0.39 is 0 Å². The topological polar surface area (TPSA) is 26.3 Å². The Labute approximate surface area is 113 Å². The summed E-state index contributed by atoms with van der Waals surface area (Å²) < 4.78 is 4.90. The summed E-state index contributed by atoms with van der Waals surface area (Å²) in [6, 6.07) is 14.3. The van der Waals surface area contributed by atoms with E-state index >= 15 is 0 Å². The van der Waals surface area contributed by atoms with Crippen molar-refractivity contribution in [1.82, 2.24) is 0 Å². The molecule has 0 saturated carbocycles. The van der Waals surface area contributed by atoms with Crippen molar-refractivity contribution >= 4 is 16.7 Å². The quantitative estimate of drug-likeness (QED) is 0.594. The van der Waals surface area contributed by atoms with Gasteiger partial charge in [-0.15, -0.1) is 6.58 Å². The van der Waals surface area contributed by atoms with Crippen LogP contribution in [0.3, 0.4) is 0 Å². The summed E-state index contributed by atoms with van der Waals surface area (Å²) in [5.41, 5.74) is 1.01. The molecule has 1 atom stereocenters. The van der Waals surface area contributed by atoms with Crippen LogP contribution in [0.4, 0.5) is 0 Å². The fraction of sp³-hybridized carbons (Fsp3) is 0.235. The third-order valence-corrected chi connectivity index (χ3v) is 3.32. The molecule has 2 rings (SSSR count). The van der Waals surface area contributed by atoms with Crippen LogP contribution in [0.5, 0.6) is 0 Å². The van der Waals surface area contributed by atoms with Gasteiger partial charge in [-0.05, 0) is 29.2 Å². The lowest BCUT2D eigenvalue weighted by Gasteiger charge is -2.14. The molecule has 2 heteroatoms. The minimum absolute atomic E-state index is 0.183. The normalized spacial score (nSPS) is 12.1. The number of hydrogen-bond acceptors (Lipinski definition) is 2. The molecule has 0 amide bonds. The molecule has 0 bridgehead atoms. The molecule has 1 unspecified atom stereocenters. The highest BCUT2D eigenvalue weighted by molar-refractivity contribution is 5.85. The Kier molecular flexibility index (Phi) is 4.35. The maximum Gasteiger partial charge on any atom is 0.313 e. The number of allylic oxidation sites excluding steroid dienone is 1. The molecule has 0 aliphatic heterocycles. The van der Waals surface area contributed by atoms with Gasteiger partial charge in [-0.25, -0.2) is 0 Å². The van der Waals surface area contributed by atoms with Crippen LogP contribution in [0.15, 0.2) is 55.1 Å². The fourth-order valence-corrected chi connectivity index (χ4v) is 2.27. The van der Waals surface area contributed by atoms with Crippen LogP contribution >= 0.6 is 0 Å². The second-order valence-electron chi connectivity index (χ2n) is 4.55. The predicted octanol–water partition coefficient (Wildman–Crippen LogP) is 4.06. The van der Waals surface area contributed by atoms with Crippen LogP contribution in [0, 0.1) is 0 Å². The molecule has 0 aromatic heterocycles. The minimum Gasteiger partial charge on any atom is -0.469 e. The molecule has 0 heterocycles. The summed E-state index contributed by atoms with van der Waals surface area (Å²) in [5, 5.41) is 2.33. The zero-order valence-electron chi connectivity index (χ0n) is 11.1. The monoisotopic (exact) mass is 254 g/mol. The average Bonchev–Trinajstić information content (AvgIpc) is 2.47. The molecule has 0 radical (unpaired) electrons. The van der Waals surface area contributed by atoms with Crippen LogP contribution in [0.1, 0.15) is 24.3 Å². The van der Waals surface area contributed by atoms with E-state index in [1.54, 1.807) is 0 Å². The molecule has 0 saturated heterocycles. The minimum atomic E-state index is -0.215. The number of methoxy groups -OCH3 is 1. The molecule has 2 nitrogen and oxygen atoms in total. The molecule has 19 heavy (non-hydrogen) atoms. The maximum absolute atomic E-state index is 11.9. The zero-order chi connectivity index (χ0) is 13.7. The standard InChI is InChI=1S/C17H18O2/c1-3-4-9-16(17(18)19-2)15-11-10-13-7-5-6-8-14(13)12-15/h3,5-8,10-12,16H,1,4,9H2,2H3. The summed E-state index contributed by atoms with van der Waals surface area (Å²) in [7, 11) is 1.43.